The molecule has 0 spiro atoms. The zero-order chi connectivity index (χ0) is 18.3. The maximum atomic E-state index is 12.9. The van der Waals surface area contributed by atoms with Gasteiger partial charge in [-0.2, -0.15) is 0 Å². The first-order chi connectivity index (χ1) is 12.4. The highest BCUT2D eigenvalue weighted by molar-refractivity contribution is 7.91. The van der Waals surface area contributed by atoms with Crippen LogP contribution in [0.3, 0.4) is 0 Å². The van der Waals surface area contributed by atoms with Crippen LogP contribution in [0.4, 0.5) is 0 Å². The fraction of sp³-hybridized carbons (Fsp3) is 0.611. The average molecular weight is 399 g/mol. The molecule has 6 nitrogen and oxygen atoms in total. The fourth-order valence-electron chi connectivity index (χ4n) is 4.15. The Kier molecular flexibility index (Phi) is 4.88. The van der Waals surface area contributed by atoms with E-state index in [1.54, 1.807) is 6.07 Å². The molecule has 142 valence electrons. The van der Waals surface area contributed by atoms with Crippen molar-refractivity contribution < 1.29 is 17.9 Å². The molecule has 0 saturated carbocycles. The van der Waals surface area contributed by atoms with Crippen molar-refractivity contribution in [2.75, 3.05) is 44.3 Å². The van der Waals surface area contributed by atoms with Crippen molar-refractivity contribution in [2.45, 2.75) is 18.9 Å². The van der Waals surface area contributed by atoms with Crippen LogP contribution >= 0.6 is 11.6 Å². The van der Waals surface area contributed by atoms with Crippen molar-refractivity contribution >= 4 is 27.3 Å². The molecule has 1 amide bonds. The number of halogens is 1. The van der Waals surface area contributed by atoms with E-state index in [9.17, 15) is 13.2 Å². The highest BCUT2D eigenvalue weighted by Crippen LogP contribution is 2.30. The Bertz CT molecular complexity index is 805. The van der Waals surface area contributed by atoms with Crippen molar-refractivity contribution in [3.63, 3.8) is 0 Å². The van der Waals surface area contributed by atoms with E-state index in [2.05, 4.69) is 4.90 Å². The maximum Gasteiger partial charge on any atom is 0.229 e. The summed E-state index contributed by atoms with van der Waals surface area (Å²) in [7, 11) is -2.87. The second-order valence-electron chi connectivity index (χ2n) is 7.38. The van der Waals surface area contributed by atoms with Gasteiger partial charge in [0.1, 0.15) is 12.4 Å². The SMILES string of the molecule is O=C([C@H]1COc2ccc(Cl)cc2C1)N1CCN([C@@H]2CCS(=O)(=O)C2)CC1. The quantitative estimate of drug-likeness (QED) is 0.749. The Balaban J connectivity index is 1.34. The van der Waals surface area contributed by atoms with Crippen molar-refractivity contribution in [1.29, 1.82) is 0 Å². The minimum atomic E-state index is -2.87. The van der Waals surface area contributed by atoms with E-state index >= 15 is 0 Å². The summed E-state index contributed by atoms with van der Waals surface area (Å²) in [4.78, 5) is 17.0. The molecule has 3 aliphatic rings. The van der Waals surface area contributed by atoms with E-state index in [0.29, 0.717) is 37.6 Å². The third-order valence-electron chi connectivity index (χ3n) is 5.63. The summed E-state index contributed by atoms with van der Waals surface area (Å²) in [5.74, 6) is 1.30. The number of hydrogen-bond acceptors (Lipinski definition) is 5. The summed E-state index contributed by atoms with van der Waals surface area (Å²) < 4.78 is 29.1. The third-order valence-corrected chi connectivity index (χ3v) is 7.61. The Morgan fingerprint density at radius 3 is 2.65 bits per heavy atom. The summed E-state index contributed by atoms with van der Waals surface area (Å²) >= 11 is 6.05. The van der Waals surface area contributed by atoms with Gasteiger partial charge in [0.15, 0.2) is 9.84 Å². The van der Waals surface area contributed by atoms with Crippen LogP contribution < -0.4 is 4.74 Å². The van der Waals surface area contributed by atoms with Gasteiger partial charge in [-0.25, -0.2) is 8.42 Å². The van der Waals surface area contributed by atoms with Gasteiger partial charge in [-0.05, 0) is 36.6 Å². The predicted molar refractivity (Wildman–Crippen MR) is 99.4 cm³/mol. The summed E-state index contributed by atoms with van der Waals surface area (Å²) in [5, 5.41) is 0.653. The number of sulfone groups is 1. The molecule has 2 fully saturated rings. The van der Waals surface area contributed by atoms with Gasteiger partial charge in [-0.1, -0.05) is 11.6 Å². The van der Waals surface area contributed by atoms with Crippen LogP contribution in [0.15, 0.2) is 18.2 Å². The number of amides is 1. The molecule has 3 aliphatic heterocycles. The fourth-order valence-corrected chi connectivity index (χ4v) is 6.11. The lowest BCUT2D eigenvalue weighted by atomic mass is 9.95. The summed E-state index contributed by atoms with van der Waals surface area (Å²) in [6.45, 7) is 3.17. The van der Waals surface area contributed by atoms with Crippen LogP contribution in [0.25, 0.3) is 0 Å². The van der Waals surface area contributed by atoms with Crippen molar-refractivity contribution in [3.05, 3.63) is 28.8 Å². The molecule has 0 unspecified atom stereocenters. The lowest BCUT2D eigenvalue weighted by Crippen LogP contribution is -2.54. The van der Waals surface area contributed by atoms with E-state index in [0.717, 1.165) is 24.4 Å². The molecule has 0 aliphatic carbocycles. The summed E-state index contributed by atoms with van der Waals surface area (Å²) in [5.41, 5.74) is 0.983. The molecule has 0 bridgehead atoms. The van der Waals surface area contributed by atoms with Crippen LogP contribution in [0.1, 0.15) is 12.0 Å². The number of nitrogens with zero attached hydrogens (tertiary/aromatic N) is 2. The first-order valence-electron chi connectivity index (χ1n) is 9.06. The number of piperazine rings is 1. The topological polar surface area (TPSA) is 66.9 Å². The smallest absolute Gasteiger partial charge is 0.229 e. The lowest BCUT2D eigenvalue weighted by molar-refractivity contribution is -0.139. The highest BCUT2D eigenvalue weighted by atomic mass is 35.5. The van der Waals surface area contributed by atoms with Crippen LogP contribution in [-0.4, -0.2) is 74.5 Å². The highest BCUT2D eigenvalue weighted by Gasteiger charge is 2.36. The second-order valence-corrected chi connectivity index (χ2v) is 10.0. The van der Waals surface area contributed by atoms with Gasteiger partial charge in [-0.15, -0.1) is 0 Å². The van der Waals surface area contributed by atoms with Gasteiger partial charge in [0.25, 0.3) is 0 Å². The Labute approximate surface area is 159 Å². The van der Waals surface area contributed by atoms with Crippen molar-refractivity contribution in [1.82, 2.24) is 9.80 Å². The molecule has 0 radical (unpaired) electrons. The number of ether oxygens (including phenoxy) is 1. The van der Waals surface area contributed by atoms with Gasteiger partial charge in [0.05, 0.1) is 17.4 Å². The minimum Gasteiger partial charge on any atom is -0.492 e. The lowest BCUT2D eigenvalue weighted by Gasteiger charge is -2.39. The van der Waals surface area contributed by atoms with Crippen LogP contribution in [-0.2, 0) is 21.1 Å². The number of carbonyl (C=O) groups is 1. The third kappa shape index (κ3) is 3.70. The Hall–Kier alpha value is -1.31. The first kappa shape index (κ1) is 18.1. The largest absolute Gasteiger partial charge is 0.492 e. The predicted octanol–water partition coefficient (Wildman–Crippen LogP) is 1.22. The maximum absolute atomic E-state index is 12.9. The van der Waals surface area contributed by atoms with Crippen LogP contribution in [0.5, 0.6) is 5.75 Å². The number of hydrogen-bond donors (Lipinski definition) is 0. The van der Waals surface area contributed by atoms with E-state index in [4.69, 9.17) is 16.3 Å². The van der Waals surface area contributed by atoms with E-state index in [1.165, 1.54) is 0 Å². The molecule has 4 rings (SSSR count). The first-order valence-corrected chi connectivity index (χ1v) is 11.3. The second kappa shape index (κ2) is 7.02. The zero-order valence-corrected chi connectivity index (χ0v) is 16.1. The van der Waals surface area contributed by atoms with Gasteiger partial charge >= 0.3 is 0 Å². The molecule has 1 aromatic rings. The van der Waals surface area contributed by atoms with Gasteiger partial charge in [-0.3, -0.25) is 9.69 Å². The normalized spacial score (nSPS) is 28.4. The van der Waals surface area contributed by atoms with Gasteiger partial charge in [0.2, 0.25) is 5.91 Å². The molecule has 8 heteroatoms. The molecule has 2 atom stereocenters. The number of benzene rings is 1. The Morgan fingerprint density at radius 1 is 1.19 bits per heavy atom. The standard InChI is InChI=1S/C18H23ClN2O4S/c19-15-1-2-17-13(10-15)9-14(11-25-17)18(22)21-6-4-20(5-7-21)16-3-8-26(23,24)12-16/h1-2,10,14,16H,3-9,11-12H2/t14-,16-/m1/s1. The van der Waals surface area contributed by atoms with Gasteiger partial charge in [0, 0.05) is 37.2 Å². The van der Waals surface area contributed by atoms with E-state index < -0.39 is 9.84 Å². The molecule has 1 aromatic carbocycles. The molecule has 26 heavy (non-hydrogen) atoms. The average Bonchev–Trinajstić information content (AvgIpc) is 3.00. The van der Waals surface area contributed by atoms with Gasteiger partial charge < -0.3 is 9.64 Å². The summed E-state index contributed by atoms with van der Waals surface area (Å²) in [6.07, 6.45) is 1.36. The minimum absolute atomic E-state index is 0.115. The molecular weight excluding hydrogens is 376 g/mol. The number of carbonyl (C=O) groups excluding carboxylic acids is 1. The van der Waals surface area contributed by atoms with E-state index in [1.807, 2.05) is 17.0 Å². The molecule has 0 aromatic heterocycles. The number of fused-ring (bicyclic) bond motifs is 1. The number of rotatable bonds is 2. The van der Waals surface area contributed by atoms with Crippen molar-refractivity contribution in [3.8, 4) is 5.75 Å². The molecule has 0 N–H and O–H groups in total. The monoisotopic (exact) mass is 398 g/mol. The van der Waals surface area contributed by atoms with E-state index in [-0.39, 0.29) is 29.4 Å². The summed E-state index contributed by atoms with van der Waals surface area (Å²) in [6, 6.07) is 5.64. The van der Waals surface area contributed by atoms with Crippen molar-refractivity contribution in [2.24, 2.45) is 5.92 Å². The van der Waals surface area contributed by atoms with Crippen LogP contribution in [0, 0.1) is 5.92 Å². The van der Waals surface area contributed by atoms with Crippen LogP contribution in [0.2, 0.25) is 5.02 Å². The zero-order valence-electron chi connectivity index (χ0n) is 14.6. The molecule has 3 heterocycles. The Morgan fingerprint density at radius 2 is 1.96 bits per heavy atom. The molecule has 2 saturated heterocycles. The molecular formula is C18H23ClN2O4S.